The standard InChI is InChI=1S/C11H22N4S/c1-3-4-10-9-12-11(16-10)13-15-7-5-14(2)6-8-15/h10H,3-9H2,1-2H3,(H,12,13). The molecule has 1 N–H and O–H groups in total. The molecule has 1 unspecified atom stereocenters. The lowest BCUT2D eigenvalue weighted by molar-refractivity contribution is 0.132. The molecule has 0 radical (unpaired) electrons. The molecule has 5 heteroatoms. The predicted octanol–water partition coefficient (Wildman–Crippen LogP) is 1.01. The number of nitrogens with one attached hydrogen (secondary N) is 1. The van der Waals surface area contributed by atoms with E-state index >= 15 is 0 Å². The quantitative estimate of drug-likeness (QED) is 0.800. The van der Waals surface area contributed by atoms with Crippen LogP contribution in [0.2, 0.25) is 0 Å². The maximum atomic E-state index is 4.56. The molecule has 0 aliphatic carbocycles. The van der Waals surface area contributed by atoms with Crippen LogP contribution in [0, 0.1) is 0 Å². The molecule has 4 nitrogen and oxygen atoms in total. The van der Waals surface area contributed by atoms with Crippen molar-refractivity contribution >= 4 is 16.9 Å². The molecule has 1 saturated heterocycles. The molecule has 1 fully saturated rings. The zero-order valence-electron chi connectivity index (χ0n) is 10.3. The molecule has 0 aromatic carbocycles. The van der Waals surface area contributed by atoms with Gasteiger partial charge in [0.15, 0.2) is 5.17 Å². The van der Waals surface area contributed by atoms with Crippen LogP contribution in [-0.2, 0) is 0 Å². The molecule has 2 aliphatic heterocycles. The molecule has 0 aromatic rings. The van der Waals surface area contributed by atoms with E-state index in [0.29, 0.717) is 5.25 Å². The van der Waals surface area contributed by atoms with Crippen molar-refractivity contribution in [2.24, 2.45) is 4.99 Å². The molecule has 0 spiro atoms. The number of likely N-dealkylation sites (N-methyl/N-ethyl adjacent to an activating group) is 1. The van der Waals surface area contributed by atoms with Gasteiger partial charge in [-0.05, 0) is 13.5 Å². The molecule has 16 heavy (non-hydrogen) atoms. The summed E-state index contributed by atoms with van der Waals surface area (Å²) in [6.45, 7) is 7.71. The number of piperazine rings is 1. The second-order valence-corrected chi connectivity index (χ2v) is 5.87. The molecule has 1 atom stereocenters. The lowest BCUT2D eigenvalue weighted by Crippen LogP contribution is -2.51. The van der Waals surface area contributed by atoms with Crippen molar-refractivity contribution < 1.29 is 0 Å². The average Bonchev–Trinajstić information content (AvgIpc) is 2.70. The highest BCUT2D eigenvalue weighted by atomic mass is 32.2. The van der Waals surface area contributed by atoms with Gasteiger partial charge in [-0.1, -0.05) is 25.1 Å². The number of thioether (sulfide) groups is 1. The van der Waals surface area contributed by atoms with Crippen LogP contribution in [0.25, 0.3) is 0 Å². The highest BCUT2D eigenvalue weighted by molar-refractivity contribution is 8.14. The first-order valence-corrected chi connectivity index (χ1v) is 7.07. The fourth-order valence-electron chi connectivity index (χ4n) is 2.00. The summed E-state index contributed by atoms with van der Waals surface area (Å²) in [4.78, 5) is 6.92. The van der Waals surface area contributed by atoms with Crippen molar-refractivity contribution in [3.8, 4) is 0 Å². The highest BCUT2D eigenvalue weighted by Gasteiger charge is 2.21. The molecule has 2 heterocycles. The SMILES string of the molecule is CCCC1CN=C(NN2CCN(C)CC2)S1. The van der Waals surface area contributed by atoms with Crippen molar-refractivity contribution in [3.63, 3.8) is 0 Å². The smallest absolute Gasteiger partial charge is 0.171 e. The molecule has 0 amide bonds. The Kier molecular flexibility index (Phi) is 4.49. The summed E-state index contributed by atoms with van der Waals surface area (Å²) >= 11 is 1.91. The van der Waals surface area contributed by atoms with Gasteiger partial charge < -0.3 is 4.90 Å². The fraction of sp³-hybridized carbons (Fsp3) is 0.909. The molecular weight excluding hydrogens is 220 g/mol. The summed E-state index contributed by atoms with van der Waals surface area (Å²) in [6.07, 6.45) is 2.54. The van der Waals surface area contributed by atoms with Gasteiger partial charge in [-0.15, -0.1) is 0 Å². The number of hydrogen-bond acceptors (Lipinski definition) is 5. The maximum Gasteiger partial charge on any atom is 0.171 e. The van der Waals surface area contributed by atoms with E-state index in [2.05, 4.69) is 34.3 Å². The number of hydrogen-bond donors (Lipinski definition) is 1. The Balaban J connectivity index is 1.70. The first-order chi connectivity index (χ1) is 7.78. The zero-order valence-corrected chi connectivity index (χ0v) is 11.1. The van der Waals surface area contributed by atoms with Gasteiger partial charge >= 0.3 is 0 Å². The maximum absolute atomic E-state index is 4.56. The lowest BCUT2D eigenvalue weighted by atomic mass is 10.2. The van der Waals surface area contributed by atoms with E-state index in [1.807, 2.05) is 11.8 Å². The highest BCUT2D eigenvalue weighted by Crippen LogP contribution is 2.23. The van der Waals surface area contributed by atoms with Crippen LogP contribution >= 0.6 is 11.8 Å². The zero-order chi connectivity index (χ0) is 11.4. The average molecular weight is 242 g/mol. The summed E-state index contributed by atoms with van der Waals surface area (Å²) in [5, 5.41) is 4.13. The van der Waals surface area contributed by atoms with E-state index in [4.69, 9.17) is 0 Å². The third kappa shape index (κ3) is 3.37. The first-order valence-electron chi connectivity index (χ1n) is 6.19. The predicted molar refractivity (Wildman–Crippen MR) is 70.8 cm³/mol. The molecular formula is C11H22N4S. The second kappa shape index (κ2) is 5.89. The van der Waals surface area contributed by atoms with Crippen LogP contribution in [0.1, 0.15) is 19.8 Å². The van der Waals surface area contributed by atoms with Crippen LogP contribution in [0.4, 0.5) is 0 Å². The summed E-state index contributed by atoms with van der Waals surface area (Å²) in [5.74, 6) is 0. The number of hydrazine groups is 1. The van der Waals surface area contributed by atoms with Crippen molar-refractivity contribution in [3.05, 3.63) is 0 Å². The Bertz CT molecular complexity index is 248. The van der Waals surface area contributed by atoms with Crippen molar-refractivity contribution in [2.45, 2.75) is 25.0 Å². The molecule has 0 saturated carbocycles. The van der Waals surface area contributed by atoms with E-state index in [9.17, 15) is 0 Å². The number of aliphatic imine (C=N–C) groups is 1. The van der Waals surface area contributed by atoms with Crippen LogP contribution in [-0.4, -0.2) is 60.1 Å². The van der Waals surface area contributed by atoms with E-state index in [1.54, 1.807) is 0 Å². The van der Waals surface area contributed by atoms with E-state index in [-0.39, 0.29) is 0 Å². The van der Waals surface area contributed by atoms with Crippen molar-refractivity contribution in [1.29, 1.82) is 0 Å². The topological polar surface area (TPSA) is 30.9 Å². The van der Waals surface area contributed by atoms with Gasteiger partial charge in [-0.2, -0.15) is 0 Å². The van der Waals surface area contributed by atoms with Gasteiger partial charge in [0.2, 0.25) is 0 Å². The van der Waals surface area contributed by atoms with Gasteiger partial charge in [0.1, 0.15) is 0 Å². The van der Waals surface area contributed by atoms with Crippen LogP contribution in [0.5, 0.6) is 0 Å². The Morgan fingerprint density at radius 3 is 2.81 bits per heavy atom. The second-order valence-electron chi connectivity index (χ2n) is 4.58. The number of rotatable bonds is 3. The molecule has 2 rings (SSSR count). The minimum absolute atomic E-state index is 0.708. The molecule has 2 aliphatic rings. The molecule has 0 bridgehead atoms. The monoisotopic (exact) mass is 242 g/mol. The number of nitrogens with zero attached hydrogens (tertiary/aromatic N) is 3. The van der Waals surface area contributed by atoms with E-state index in [1.165, 1.54) is 12.8 Å². The fourth-order valence-corrected chi connectivity index (χ4v) is 3.15. The van der Waals surface area contributed by atoms with E-state index < -0.39 is 0 Å². The first kappa shape index (κ1) is 12.2. The minimum atomic E-state index is 0.708. The van der Waals surface area contributed by atoms with Gasteiger partial charge in [0, 0.05) is 31.4 Å². The Morgan fingerprint density at radius 1 is 1.38 bits per heavy atom. The van der Waals surface area contributed by atoms with Gasteiger partial charge in [0.25, 0.3) is 0 Å². The Morgan fingerprint density at radius 2 is 2.12 bits per heavy atom. The normalized spacial score (nSPS) is 28.1. The van der Waals surface area contributed by atoms with Gasteiger partial charge in [-0.3, -0.25) is 10.4 Å². The Labute approximate surface area is 102 Å². The van der Waals surface area contributed by atoms with Crippen LogP contribution in [0.15, 0.2) is 4.99 Å². The number of amidine groups is 1. The van der Waals surface area contributed by atoms with E-state index in [0.717, 1.165) is 37.9 Å². The third-order valence-corrected chi connectivity index (χ3v) is 4.25. The summed E-state index contributed by atoms with van der Waals surface area (Å²) in [7, 11) is 2.18. The van der Waals surface area contributed by atoms with Crippen LogP contribution in [0.3, 0.4) is 0 Å². The van der Waals surface area contributed by atoms with Gasteiger partial charge in [-0.25, -0.2) is 5.01 Å². The summed E-state index contributed by atoms with van der Waals surface area (Å²) in [5.41, 5.74) is 3.45. The lowest BCUT2D eigenvalue weighted by Gasteiger charge is -2.32. The summed E-state index contributed by atoms with van der Waals surface area (Å²) in [6, 6.07) is 0. The molecule has 0 aromatic heterocycles. The minimum Gasteiger partial charge on any atom is -0.304 e. The van der Waals surface area contributed by atoms with Crippen molar-refractivity contribution in [1.82, 2.24) is 15.3 Å². The van der Waals surface area contributed by atoms with Gasteiger partial charge in [0.05, 0.1) is 6.54 Å². The molecule has 92 valence electrons. The third-order valence-electron chi connectivity index (χ3n) is 3.08. The Hall–Kier alpha value is -0.260. The summed E-state index contributed by atoms with van der Waals surface area (Å²) < 4.78 is 0. The largest absolute Gasteiger partial charge is 0.304 e. The van der Waals surface area contributed by atoms with Crippen molar-refractivity contribution in [2.75, 3.05) is 39.8 Å². The van der Waals surface area contributed by atoms with Crippen LogP contribution < -0.4 is 5.43 Å².